The van der Waals surface area contributed by atoms with Gasteiger partial charge in [0, 0.05) is 6.42 Å². The van der Waals surface area contributed by atoms with Gasteiger partial charge in [0.1, 0.15) is 6.10 Å². The predicted molar refractivity (Wildman–Crippen MR) is 57.1 cm³/mol. The largest absolute Gasteiger partial charge is 0.462 e. The zero-order chi connectivity index (χ0) is 10.4. The molecule has 0 saturated heterocycles. The molecule has 0 aromatic rings. The Balaban J connectivity index is 1.69. The van der Waals surface area contributed by atoms with Crippen molar-refractivity contribution in [2.45, 2.75) is 38.7 Å². The van der Waals surface area contributed by atoms with Crippen molar-refractivity contribution in [1.82, 2.24) is 0 Å². The maximum absolute atomic E-state index is 11.3. The molecule has 2 bridgehead atoms. The van der Waals surface area contributed by atoms with E-state index in [0.29, 0.717) is 12.3 Å². The molecule has 0 aromatic carbocycles. The first kappa shape index (κ1) is 9.44. The predicted octanol–water partition coefficient (Wildman–Crippen LogP) is 2.54. The van der Waals surface area contributed by atoms with Gasteiger partial charge in [-0.1, -0.05) is 19.1 Å². The Bertz CT molecular complexity index is 308. The Kier molecular flexibility index (Phi) is 2.11. The number of esters is 1. The van der Waals surface area contributed by atoms with Crippen LogP contribution in [0, 0.1) is 23.7 Å². The maximum Gasteiger partial charge on any atom is 0.305 e. The number of allylic oxidation sites excluding steroid dienone is 2. The van der Waals surface area contributed by atoms with E-state index < -0.39 is 0 Å². The van der Waals surface area contributed by atoms with Gasteiger partial charge in [0.05, 0.1) is 0 Å². The standard InChI is InChI=1S/C13H18O2/c1-2-13(14)15-12-7-8-6-11(12)10-5-3-4-9(8)10/h3-4,8-12H,2,5-7H2,1H3/t8-,9-,10-,11-,12+/m1/s1. The molecule has 5 atom stereocenters. The maximum atomic E-state index is 11.3. The van der Waals surface area contributed by atoms with Gasteiger partial charge in [0.15, 0.2) is 0 Å². The molecule has 2 saturated carbocycles. The second-order valence-electron chi connectivity index (χ2n) is 5.18. The first-order valence-electron chi connectivity index (χ1n) is 6.15. The van der Waals surface area contributed by atoms with Gasteiger partial charge < -0.3 is 4.74 Å². The van der Waals surface area contributed by atoms with Gasteiger partial charge >= 0.3 is 5.97 Å². The molecule has 0 amide bonds. The number of rotatable bonds is 2. The van der Waals surface area contributed by atoms with Crippen molar-refractivity contribution in [2.24, 2.45) is 23.7 Å². The highest BCUT2D eigenvalue weighted by Gasteiger charge is 2.53. The van der Waals surface area contributed by atoms with Gasteiger partial charge in [0.2, 0.25) is 0 Å². The van der Waals surface area contributed by atoms with E-state index in [4.69, 9.17) is 4.74 Å². The van der Waals surface area contributed by atoms with Crippen molar-refractivity contribution in [1.29, 1.82) is 0 Å². The Hall–Kier alpha value is -0.790. The summed E-state index contributed by atoms with van der Waals surface area (Å²) in [5.41, 5.74) is 0. The van der Waals surface area contributed by atoms with E-state index >= 15 is 0 Å². The van der Waals surface area contributed by atoms with Crippen molar-refractivity contribution < 1.29 is 9.53 Å². The molecule has 82 valence electrons. The first-order valence-corrected chi connectivity index (χ1v) is 6.15. The van der Waals surface area contributed by atoms with E-state index in [1.54, 1.807) is 0 Å². The lowest BCUT2D eigenvalue weighted by molar-refractivity contribution is -0.152. The van der Waals surface area contributed by atoms with Gasteiger partial charge in [-0.3, -0.25) is 4.79 Å². The fraction of sp³-hybridized carbons (Fsp3) is 0.769. The van der Waals surface area contributed by atoms with Crippen molar-refractivity contribution in [3.8, 4) is 0 Å². The highest BCUT2D eigenvalue weighted by molar-refractivity contribution is 5.69. The van der Waals surface area contributed by atoms with Crippen LogP contribution in [0.5, 0.6) is 0 Å². The van der Waals surface area contributed by atoms with Gasteiger partial charge in [-0.05, 0) is 42.9 Å². The van der Waals surface area contributed by atoms with Crippen LogP contribution in [0.3, 0.4) is 0 Å². The molecule has 0 heterocycles. The topological polar surface area (TPSA) is 26.3 Å². The van der Waals surface area contributed by atoms with Crippen LogP contribution >= 0.6 is 0 Å². The van der Waals surface area contributed by atoms with E-state index in [1.165, 1.54) is 12.8 Å². The highest BCUT2D eigenvalue weighted by Crippen LogP contribution is 2.57. The van der Waals surface area contributed by atoms with Crippen LogP contribution < -0.4 is 0 Å². The fourth-order valence-corrected chi connectivity index (χ4v) is 3.88. The van der Waals surface area contributed by atoms with Crippen molar-refractivity contribution >= 4 is 5.97 Å². The molecule has 2 nitrogen and oxygen atoms in total. The molecule has 3 aliphatic carbocycles. The molecule has 0 radical (unpaired) electrons. The molecule has 3 aliphatic rings. The average Bonchev–Trinajstić information content (AvgIpc) is 2.87. The molecule has 15 heavy (non-hydrogen) atoms. The first-order chi connectivity index (χ1) is 7.29. The quantitative estimate of drug-likeness (QED) is 0.512. The summed E-state index contributed by atoms with van der Waals surface area (Å²) in [6, 6.07) is 0. The third kappa shape index (κ3) is 1.34. The Morgan fingerprint density at radius 2 is 2.27 bits per heavy atom. The van der Waals surface area contributed by atoms with E-state index in [0.717, 1.165) is 24.2 Å². The molecular formula is C13H18O2. The van der Waals surface area contributed by atoms with E-state index in [9.17, 15) is 4.79 Å². The summed E-state index contributed by atoms with van der Waals surface area (Å²) in [7, 11) is 0. The molecule has 2 fully saturated rings. The molecule has 3 rings (SSSR count). The molecule has 0 N–H and O–H groups in total. The van der Waals surface area contributed by atoms with Crippen molar-refractivity contribution in [2.75, 3.05) is 0 Å². The van der Waals surface area contributed by atoms with Crippen LogP contribution in [0.1, 0.15) is 32.6 Å². The molecule has 0 aromatic heterocycles. The highest BCUT2D eigenvalue weighted by atomic mass is 16.5. The zero-order valence-electron chi connectivity index (χ0n) is 9.19. The van der Waals surface area contributed by atoms with Crippen LogP contribution in [0.2, 0.25) is 0 Å². The summed E-state index contributed by atoms with van der Waals surface area (Å²) < 4.78 is 5.54. The zero-order valence-corrected chi connectivity index (χ0v) is 9.19. The summed E-state index contributed by atoms with van der Waals surface area (Å²) in [6.07, 6.45) is 9.09. The van der Waals surface area contributed by atoms with Crippen LogP contribution in [-0.2, 0) is 9.53 Å². The van der Waals surface area contributed by atoms with Crippen LogP contribution in [0.4, 0.5) is 0 Å². The molecule has 0 aliphatic heterocycles. The second-order valence-corrected chi connectivity index (χ2v) is 5.18. The van der Waals surface area contributed by atoms with Gasteiger partial charge in [-0.25, -0.2) is 0 Å². The Morgan fingerprint density at radius 3 is 3.07 bits per heavy atom. The summed E-state index contributed by atoms with van der Waals surface area (Å²) in [4.78, 5) is 11.3. The lowest BCUT2D eigenvalue weighted by Gasteiger charge is -2.30. The van der Waals surface area contributed by atoms with Crippen molar-refractivity contribution in [3.63, 3.8) is 0 Å². The third-order valence-corrected chi connectivity index (χ3v) is 4.51. The summed E-state index contributed by atoms with van der Waals surface area (Å²) in [6.45, 7) is 1.87. The minimum absolute atomic E-state index is 0.0185. The van der Waals surface area contributed by atoms with Crippen LogP contribution in [0.15, 0.2) is 12.2 Å². The van der Waals surface area contributed by atoms with Crippen LogP contribution in [-0.4, -0.2) is 12.1 Å². The lowest BCUT2D eigenvalue weighted by Crippen LogP contribution is -2.32. The Morgan fingerprint density at radius 1 is 1.40 bits per heavy atom. The number of carbonyl (C=O) groups excluding carboxylic acids is 1. The van der Waals surface area contributed by atoms with E-state index in [2.05, 4.69) is 12.2 Å². The molecule has 0 unspecified atom stereocenters. The molecule has 2 heteroatoms. The van der Waals surface area contributed by atoms with Crippen LogP contribution in [0.25, 0.3) is 0 Å². The Labute approximate surface area is 90.7 Å². The summed E-state index contributed by atoms with van der Waals surface area (Å²) in [5, 5.41) is 0. The van der Waals surface area contributed by atoms with Gasteiger partial charge in [-0.15, -0.1) is 0 Å². The van der Waals surface area contributed by atoms with E-state index in [1.807, 2.05) is 6.92 Å². The molecular weight excluding hydrogens is 188 g/mol. The smallest absolute Gasteiger partial charge is 0.305 e. The normalized spacial score (nSPS) is 45.8. The van der Waals surface area contributed by atoms with Gasteiger partial charge in [-0.2, -0.15) is 0 Å². The molecule has 0 spiro atoms. The number of hydrogen-bond acceptors (Lipinski definition) is 2. The number of ether oxygens (including phenoxy) is 1. The van der Waals surface area contributed by atoms with Gasteiger partial charge in [0.25, 0.3) is 0 Å². The summed E-state index contributed by atoms with van der Waals surface area (Å²) in [5.74, 6) is 3.04. The number of hydrogen-bond donors (Lipinski definition) is 0. The SMILES string of the molecule is CCC(=O)O[C@H]1C[C@H]2C[C@@H]1[C@@H]1CC=C[C@H]21. The fourth-order valence-electron chi connectivity index (χ4n) is 3.88. The number of carbonyl (C=O) groups is 1. The number of fused-ring (bicyclic) bond motifs is 5. The average molecular weight is 206 g/mol. The second kappa shape index (κ2) is 3.36. The summed E-state index contributed by atoms with van der Waals surface area (Å²) >= 11 is 0. The van der Waals surface area contributed by atoms with E-state index in [-0.39, 0.29) is 12.1 Å². The minimum atomic E-state index is -0.0185. The third-order valence-electron chi connectivity index (χ3n) is 4.51. The lowest BCUT2D eigenvalue weighted by atomic mass is 9.80. The minimum Gasteiger partial charge on any atom is -0.462 e. The van der Waals surface area contributed by atoms with Crippen molar-refractivity contribution in [3.05, 3.63) is 12.2 Å². The monoisotopic (exact) mass is 206 g/mol.